The van der Waals surface area contributed by atoms with Gasteiger partial charge in [-0.1, -0.05) is 12.1 Å². The van der Waals surface area contributed by atoms with E-state index in [1.807, 2.05) is 30.5 Å². The summed E-state index contributed by atoms with van der Waals surface area (Å²) in [5, 5.41) is 14.2. The van der Waals surface area contributed by atoms with E-state index >= 15 is 0 Å². The number of halogens is 6. The zero-order valence-corrected chi connectivity index (χ0v) is 19.7. The topological polar surface area (TPSA) is 122 Å². The third-order valence-corrected chi connectivity index (χ3v) is 5.43. The minimum atomic E-state index is -5.08. The van der Waals surface area contributed by atoms with Crippen LogP contribution < -0.4 is 4.74 Å². The number of hydrogen-bond acceptors (Lipinski definition) is 7. The largest absolute Gasteiger partial charge is 0.490 e. The molecule has 3 atom stereocenters. The van der Waals surface area contributed by atoms with Crippen molar-refractivity contribution >= 4 is 11.9 Å². The number of aliphatic carboxylic acids is 2. The van der Waals surface area contributed by atoms with Gasteiger partial charge in [0.25, 0.3) is 0 Å². The van der Waals surface area contributed by atoms with Gasteiger partial charge in [0.1, 0.15) is 0 Å². The first-order valence-corrected chi connectivity index (χ1v) is 11.2. The SMILES string of the molecule is O=C(O)C(F)(F)F.O=C(O)C(F)(F)F.c1ccc(CN2CCOC3CC(COc4ccccn4)CC32)nc1. The van der Waals surface area contributed by atoms with Crippen molar-refractivity contribution in [1.82, 2.24) is 14.9 Å². The van der Waals surface area contributed by atoms with E-state index in [0.29, 0.717) is 30.6 Å². The Morgan fingerprint density at radius 2 is 1.53 bits per heavy atom. The molecule has 1 saturated carbocycles. The van der Waals surface area contributed by atoms with E-state index in [2.05, 4.69) is 27.0 Å². The van der Waals surface area contributed by atoms with Gasteiger partial charge in [-0.15, -0.1) is 0 Å². The van der Waals surface area contributed by atoms with E-state index in [1.54, 1.807) is 6.20 Å². The number of hydrogen-bond donors (Lipinski definition) is 2. The van der Waals surface area contributed by atoms with Gasteiger partial charge in [0.15, 0.2) is 0 Å². The van der Waals surface area contributed by atoms with Crippen molar-refractivity contribution in [2.45, 2.75) is 43.9 Å². The monoisotopic (exact) mass is 553 g/mol. The number of carboxylic acids is 2. The van der Waals surface area contributed by atoms with Gasteiger partial charge >= 0.3 is 24.3 Å². The van der Waals surface area contributed by atoms with Crippen molar-refractivity contribution < 1.29 is 55.6 Å². The zero-order chi connectivity index (χ0) is 28.3. The Morgan fingerprint density at radius 1 is 0.947 bits per heavy atom. The lowest BCUT2D eigenvalue weighted by Crippen LogP contribution is -2.47. The quantitative estimate of drug-likeness (QED) is 0.533. The van der Waals surface area contributed by atoms with Gasteiger partial charge in [-0.25, -0.2) is 14.6 Å². The standard InChI is InChI=1S/C19H23N3O2.2C2HF3O2/c1-3-7-20-16(5-1)13-22-9-10-23-18-12-15(11-17(18)22)14-24-19-6-2-4-8-21-19;2*3-2(4,5)1(6)7/h1-8,15,17-18H,9-14H2;2*(H,6,7). The van der Waals surface area contributed by atoms with Crippen molar-refractivity contribution in [3.63, 3.8) is 0 Å². The fraction of sp³-hybridized carbons (Fsp3) is 0.478. The Labute approximate surface area is 213 Å². The molecule has 15 heteroatoms. The van der Waals surface area contributed by atoms with Crippen LogP contribution in [0.15, 0.2) is 48.8 Å². The Morgan fingerprint density at radius 3 is 2.03 bits per heavy atom. The molecular weight excluding hydrogens is 528 g/mol. The average Bonchev–Trinajstić information content (AvgIpc) is 3.28. The molecule has 0 aromatic carbocycles. The third kappa shape index (κ3) is 10.5. The molecule has 2 fully saturated rings. The second-order valence-electron chi connectivity index (χ2n) is 8.19. The van der Waals surface area contributed by atoms with Gasteiger partial charge in [0, 0.05) is 37.6 Å². The van der Waals surface area contributed by atoms with Gasteiger partial charge in [-0.2, -0.15) is 26.3 Å². The summed E-state index contributed by atoms with van der Waals surface area (Å²) >= 11 is 0. The molecule has 2 aromatic heterocycles. The second-order valence-corrected chi connectivity index (χ2v) is 8.19. The highest BCUT2D eigenvalue weighted by Gasteiger charge is 2.41. The molecule has 38 heavy (non-hydrogen) atoms. The lowest BCUT2D eigenvalue weighted by molar-refractivity contribution is -0.193. The van der Waals surface area contributed by atoms with E-state index in [-0.39, 0.29) is 0 Å². The molecule has 9 nitrogen and oxygen atoms in total. The summed E-state index contributed by atoms with van der Waals surface area (Å²) in [7, 11) is 0. The molecule has 210 valence electrons. The van der Waals surface area contributed by atoms with Crippen LogP contribution in [0.2, 0.25) is 0 Å². The summed E-state index contributed by atoms with van der Waals surface area (Å²) in [4.78, 5) is 29.0. The van der Waals surface area contributed by atoms with Gasteiger partial charge in [0.2, 0.25) is 5.88 Å². The number of alkyl halides is 6. The van der Waals surface area contributed by atoms with Gasteiger partial charge in [-0.05, 0) is 37.0 Å². The van der Waals surface area contributed by atoms with Crippen LogP contribution in [0.25, 0.3) is 0 Å². The van der Waals surface area contributed by atoms with Crippen molar-refractivity contribution in [3.05, 3.63) is 54.5 Å². The summed E-state index contributed by atoms with van der Waals surface area (Å²) < 4.78 is 75.3. The maximum absolute atomic E-state index is 10.6. The Bertz CT molecular complexity index is 986. The second kappa shape index (κ2) is 13.9. The van der Waals surface area contributed by atoms with Crippen molar-refractivity contribution in [2.75, 3.05) is 19.8 Å². The molecule has 2 aromatic rings. The number of aromatic nitrogens is 2. The molecule has 2 N–H and O–H groups in total. The first-order chi connectivity index (χ1) is 17.8. The smallest absolute Gasteiger partial charge is 0.477 e. The molecule has 0 radical (unpaired) electrons. The molecule has 4 rings (SSSR count). The van der Waals surface area contributed by atoms with Gasteiger partial charge in [0.05, 0.1) is 25.0 Å². The lowest BCUT2D eigenvalue weighted by atomic mass is 10.1. The van der Waals surface area contributed by atoms with E-state index in [0.717, 1.165) is 38.2 Å². The van der Waals surface area contributed by atoms with Crippen LogP contribution in [-0.2, 0) is 20.9 Å². The van der Waals surface area contributed by atoms with E-state index in [4.69, 9.17) is 29.3 Å². The van der Waals surface area contributed by atoms with Crippen LogP contribution >= 0.6 is 0 Å². The summed E-state index contributed by atoms with van der Waals surface area (Å²) in [6, 6.07) is 12.4. The van der Waals surface area contributed by atoms with E-state index in [9.17, 15) is 26.3 Å². The number of morpholine rings is 1. The van der Waals surface area contributed by atoms with Gasteiger partial charge in [-0.3, -0.25) is 9.88 Å². The summed E-state index contributed by atoms with van der Waals surface area (Å²) in [6.07, 6.45) is -4.03. The number of fused-ring (bicyclic) bond motifs is 1. The number of pyridine rings is 2. The lowest BCUT2D eigenvalue weighted by Gasteiger charge is -2.37. The van der Waals surface area contributed by atoms with Crippen molar-refractivity contribution in [1.29, 1.82) is 0 Å². The van der Waals surface area contributed by atoms with Crippen LogP contribution in [0.5, 0.6) is 5.88 Å². The minimum absolute atomic E-state index is 0.319. The summed E-state index contributed by atoms with van der Waals surface area (Å²) in [6.45, 7) is 3.40. The number of rotatable bonds is 5. The normalized spacial score (nSPS) is 21.2. The predicted octanol–water partition coefficient (Wildman–Crippen LogP) is 3.80. The minimum Gasteiger partial charge on any atom is -0.477 e. The third-order valence-electron chi connectivity index (χ3n) is 5.43. The zero-order valence-electron chi connectivity index (χ0n) is 19.7. The fourth-order valence-corrected chi connectivity index (χ4v) is 3.79. The highest BCUT2D eigenvalue weighted by molar-refractivity contribution is 5.73. The molecule has 3 heterocycles. The molecule has 1 aliphatic heterocycles. The highest BCUT2D eigenvalue weighted by Crippen LogP contribution is 2.35. The molecule has 2 aliphatic rings. The van der Waals surface area contributed by atoms with Gasteiger partial charge < -0.3 is 19.7 Å². The molecule has 1 aliphatic carbocycles. The maximum atomic E-state index is 10.6. The Balaban J connectivity index is 0.000000301. The Hall–Kier alpha value is -3.46. The molecule has 0 spiro atoms. The van der Waals surface area contributed by atoms with Crippen molar-refractivity contribution in [2.24, 2.45) is 5.92 Å². The number of carbonyl (C=O) groups is 2. The van der Waals surface area contributed by atoms with Crippen molar-refractivity contribution in [3.8, 4) is 5.88 Å². The number of nitrogens with zero attached hydrogens (tertiary/aromatic N) is 3. The number of carboxylic acid groups (broad SMARTS) is 2. The van der Waals surface area contributed by atoms with E-state index < -0.39 is 24.3 Å². The number of ether oxygens (including phenoxy) is 2. The van der Waals surface area contributed by atoms with Crippen LogP contribution in [0.3, 0.4) is 0 Å². The Kier molecular flexibility index (Phi) is 11.3. The highest BCUT2D eigenvalue weighted by atomic mass is 19.4. The maximum Gasteiger partial charge on any atom is 0.490 e. The van der Waals surface area contributed by atoms with Crippen LogP contribution in [-0.4, -0.2) is 81.3 Å². The molecule has 0 bridgehead atoms. The first-order valence-electron chi connectivity index (χ1n) is 11.2. The average molecular weight is 553 g/mol. The molecule has 1 saturated heterocycles. The molecule has 0 amide bonds. The fourth-order valence-electron chi connectivity index (χ4n) is 3.79. The first kappa shape index (κ1) is 30.8. The molecule has 3 unspecified atom stereocenters. The van der Waals surface area contributed by atoms with Crippen LogP contribution in [0.4, 0.5) is 26.3 Å². The summed E-state index contributed by atoms with van der Waals surface area (Å²) in [5.41, 5.74) is 1.13. The van der Waals surface area contributed by atoms with Crippen LogP contribution in [0, 0.1) is 5.92 Å². The van der Waals surface area contributed by atoms with E-state index in [1.165, 1.54) is 0 Å². The van der Waals surface area contributed by atoms with Crippen LogP contribution in [0.1, 0.15) is 18.5 Å². The predicted molar refractivity (Wildman–Crippen MR) is 118 cm³/mol. The molecular formula is C23H25F6N3O6. The summed E-state index contributed by atoms with van der Waals surface area (Å²) in [5.74, 6) is -4.29.